The quantitative estimate of drug-likeness (QED) is 0.585. The maximum absolute atomic E-state index is 11.6. The standard InChI is InChI=1S/C10H20N2O3/c1-2-8(11)9(14)12-10(7-13)3-5-15-6-4-10/h8,13H,2-7,11H2,1H3,(H,12,14). The number of amides is 1. The van der Waals surface area contributed by atoms with Crippen molar-refractivity contribution in [2.45, 2.75) is 37.8 Å². The third-order valence-electron chi connectivity index (χ3n) is 2.92. The molecule has 0 saturated carbocycles. The molecule has 0 aliphatic carbocycles. The normalized spacial score (nSPS) is 22.1. The second-order valence-corrected chi connectivity index (χ2v) is 4.05. The molecule has 88 valence electrons. The lowest BCUT2D eigenvalue weighted by molar-refractivity contribution is -0.126. The summed E-state index contributed by atoms with van der Waals surface area (Å²) in [6.07, 6.45) is 1.89. The predicted molar refractivity (Wildman–Crippen MR) is 56.3 cm³/mol. The number of carbonyl (C=O) groups is 1. The summed E-state index contributed by atoms with van der Waals surface area (Å²) in [4.78, 5) is 11.6. The minimum atomic E-state index is -0.526. The summed E-state index contributed by atoms with van der Waals surface area (Å²) in [5.74, 6) is -0.187. The third kappa shape index (κ3) is 3.15. The van der Waals surface area contributed by atoms with Crippen LogP contribution >= 0.6 is 0 Å². The van der Waals surface area contributed by atoms with Crippen molar-refractivity contribution in [2.75, 3.05) is 19.8 Å². The number of ether oxygens (including phenoxy) is 1. The van der Waals surface area contributed by atoms with Gasteiger partial charge in [0.05, 0.1) is 18.2 Å². The highest BCUT2D eigenvalue weighted by atomic mass is 16.5. The van der Waals surface area contributed by atoms with E-state index >= 15 is 0 Å². The summed E-state index contributed by atoms with van der Waals surface area (Å²) in [5.41, 5.74) is 5.10. The number of nitrogens with one attached hydrogen (secondary N) is 1. The van der Waals surface area contributed by atoms with Crippen LogP contribution in [0.1, 0.15) is 26.2 Å². The SMILES string of the molecule is CCC(N)C(=O)NC1(CO)CCOCC1. The van der Waals surface area contributed by atoms with E-state index in [0.29, 0.717) is 32.5 Å². The maximum Gasteiger partial charge on any atom is 0.237 e. The monoisotopic (exact) mass is 216 g/mol. The van der Waals surface area contributed by atoms with Crippen LogP contribution in [0, 0.1) is 0 Å². The first-order valence-electron chi connectivity index (χ1n) is 5.40. The molecule has 1 fully saturated rings. The molecular weight excluding hydrogens is 196 g/mol. The van der Waals surface area contributed by atoms with E-state index in [1.54, 1.807) is 0 Å². The summed E-state index contributed by atoms with van der Waals surface area (Å²) in [6.45, 7) is 2.95. The highest BCUT2D eigenvalue weighted by Gasteiger charge is 2.34. The van der Waals surface area contributed by atoms with Crippen LogP contribution in [0.15, 0.2) is 0 Å². The molecule has 1 rings (SSSR count). The second-order valence-electron chi connectivity index (χ2n) is 4.05. The lowest BCUT2D eigenvalue weighted by Crippen LogP contribution is -2.58. The Balaban J connectivity index is 2.55. The minimum Gasteiger partial charge on any atom is -0.394 e. The Morgan fingerprint density at radius 3 is 2.67 bits per heavy atom. The topological polar surface area (TPSA) is 84.6 Å². The molecule has 0 bridgehead atoms. The van der Waals surface area contributed by atoms with Crippen molar-refractivity contribution in [3.05, 3.63) is 0 Å². The Morgan fingerprint density at radius 2 is 2.20 bits per heavy atom. The lowest BCUT2D eigenvalue weighted by Gasteiger charge is -2.37. The molecule has 1 saturated heterocycles. The summed E-state index contributed by atoms with van der Waals surface area (Å²) in [5, 5.41) is 12.2. The van der Waals surface area contributed by atoms with Crippen LogP contribution in [0.3, 0.4) is 0 Å². The van der Waals surface area contributed by atoms with Crippen molar-refractivity contribution in [2.24, 2.45) is 5.73 Å². The molecule has 1 aliphatic rings. The number of hydrogen-bond acceptors (Lipinski definition) is 4. The largest absolute Gasteiger partial charge is 0.394 e. The van der Waals surface area contributed by atoms with E-state index in [0.717, 1.165) is 0 Å². The van der Waals surface area contributed by atoms with E-state index in [2.05, 4.69) is 5.32 Å². The molecule has 4 N–H and O–H groups in total. The molecule has 1 amide bonds. The molecule has 0 aromatic carbocycles. The highest BCUT2D eigenvalue weighted by molar-refractivity contribution is 5.82. The van der Waals surface area contributed by atoms with E-state index < -0.39 is 11.6 Å². The van der Waals surface area contributed by atoms with Gasteiger partial charge in [0.15, 0.2) is 0 Å². The second kappa shape index (κ2) is 5.44. The Bertz CT molecular complexity index is 215. The number of hydrogen-bond donors (Lipinski definition) is 3. The van der Waals surface area contributed by atoms with Crippen LogP contribution in [-0.2, 0) is 9.53 Å². The van der Waals surface area contributed by atoms with Gasteiger partial charge in [-0.15, -0.1) is 0 Å². The van der Waals surface area contributed by atoms with E-state index in [-0.39, 0.29) is 12.5 Å². The molecule has 1 unspecified atom stereocenters. The number of aliphatic hydroxyl groups excluding tert-OH is 1. The number of carbonyl (C=O) groups excluding carboxylic acids is 1. The molecule has 5 heteroatoms. The number of nitrogens with two attached hydrogens (primary N) is 1. The fourth-order valence-electron chi connectivity index (χ4n) is 1.62. The van der Waals surface area contributed by atoms with Crippen molar-refractivity contribution in [1.29, 1.82) is 0 Å². The van der Waals surface area contributed by atoms with Gasteiger partial charge in [-0.05, 0) is 19.3 Å². The smallest absolute Gasteiger partial charge is 0.237 e. The average Bonchev–Trinajstić information content (AvgIpc) is 2.29. The molecule has 1 atom stereocenters. The van der Waals surface area contributed by atoms with Gasteiger partial charge in [0.1, 0.15) is 0 Å². The van der Waals surface area contributed by atoms with Gasteiger partial charge in [-0.3, -0.25) is 4.79 Å². The van der Waals surface area contributed by atoms with Crippen molar-refractivity contribution in [3.63, 3.8) is 0 Å². The Labute approximate surface area is 90.0 Å². The van der Waals surface area contributed by atoms with E-state index in [1.807, 2.05) is 6.92 Å². The van der Waals surface area contributed by atoms with Crippen molar-refractivity contribution in [3.8, 4) is 0 Å². The van der Waals surface area contributed by atoms with Gasteiger partial charge in [-0.2, -0.15) is 0 Å². The molecule has 15 heavy (non-hydrogen) atoms. The van der Waals surface area contributed by atoms with Crippen molar-refractivity contribution < 1.29 is 14.6 Å². The molecular formula is C10H20N2O3. The molecule has 1 heterocycles. The number of rotatable bonds is 4. The minimum absolute atomic E-state index is 0.0570. The Hall–Kier alpha value is -0.650. The van der Waals surface area contributed by atoms with Gasteiger partial charge in [0.25, 0.3) is 0 Å². The molecule has 0 spiro atoms. The zero-order valence-corrected chi connectivity index (χ0v) is 9.16. The molecule has 0 aromatic heterocycles. The Morgan fingerprint density at radius 1 is 1.60 bits per heavy atom. The number of aliphatic hydroxyl groups is 1. The van der Waals surface area contributed by atoms with E-state index in [1.165, 1.54) is 0 Å². The van der Waals surface area contributed by atoms with Crippen molar-refractivity contribution in [1.82, 2.24) is 5.32 Å². The Kier molecular flexibility index (Phi) is 4.50. The first kappa shape index (κ1) is 12.4. The van der Waals surface area contributed by atoms with Crippen LogP contribution in [0.2, 0.25) is 0 Å². The average molecular weight is 216 g/mol. The molecule has 5 nitrogen and oxygen atoms in total. The van der Waals surface area contributed by atoms with Crippen LogP contribution < -0.4 is 11.1 Å². The fraction of sp³-hybridized carbons (Fsp3) is 0.900. The van der Waals surface area contributed by atoms with Gasteiger partial charge < -0.3 is 20.9 Å². The zero-order valence-electron chi connectivity index (χ0n) is 9.16. The van der Waals surface area contributed by atoms with E-state index in [9.17, 15) is 9.90 Å². The van der Waals surface area contributed by atoms with Crippen LogP contribution in [0.25, 0.3) is 0 Å². The highest BCUT2D eigenvalue weighted by Crippen LogP contribution is 2.20. The molecule has 1 aliphatic heterocycles. The van der Waals surface area contributed by atoms with E-state index in [4.69, 9.17) is 10.5 Å². The summed E-state index contributed by atoms with van der Waals surface area (Å²) in [6, 6.07) is -0.490. The lowest BCUT2D eigenvalue weighted by atomic mass is 9.90. The summed E-state index contributed by atoms with van der Waals surface area (Å²) >= 11 is 0. The molecule has 0 aromatic rings. The zero-order chi connectivity index (χ0) is 11.3. The van der Waals surface area contributed by atoms with Gasteiger partial charge >= 0.3 is 0 Å². The van der Waals surface area contributed by atoms with Crippen LogP contribution in [-0.4, -0.2) is 42.4 Å². The summed E-state index contributed by atoms with van der Waals surface area (Å²) < 4.78 is 5.20. The van der Waals surface area contributed by atoms with Gasteiger partial charge in [-0.1, -0.05) is 6.92 Å². The van der Waals surface area contributed by atoms with Crippen LogP contribution in [0.5, 0.6) is 0 Å². The van der Waals surface area contributed by atoms with Gasteiger partial charge in [0.2, 0.25) is 5.91 Å². The first-order valence-corrected chi connectivity index (χ1v) is 5.40. The predicted octanol–water partition coefficient (Wildman–Crippen LogP) is -0.619. The summed E-state index contributed by atoms with van der Waals surface area (Å²) in [7, 11) is 0. The van der Waals surface area contributed by atoms with Crippen LogP contribution in [0.4, 0.5) is 0 Å². The fourth-order valence-corrected chi connectivity index (χ4v) is 1.62. The maximum atomic E-state index is 11.6. The van der Waals surface area contributed by atoms with Crippen molar-refractivity contribution >= 4 is 5.91 Å². The molecule has 0 radical (unpaired) electrons. The van der Waals surface area contributed by atoms with Gasteiger partial charge in [0, 0.05) is 13.2 Å². The van der Waals surface area contributed by atoms with Gasteiger partial charge in [-0.25, -0.2) is 0 Å². The first-order chi connectivity index (χ1) is 7.13. The third-order valence-corrected chi connectivity index (χ3v) is 2.92.